The molecule has 23 heavy (non-hydrogen) atoms. The Hall–Kier alpha value is -1.73. The maximum Gasteiger partial charge on any atom is 0.271 e. The molecule has 6 nitrogen and oxygen atoms in total. The van der Waals surface area contributed by atoms with Crippen molar-refractivity contribution in [2.75, 3.05) is 14.1 Å². The third kappa shape index (κ3) is 5.14. The third-order valence-electron chi connectivity index (χ3n) is 3.54. The van der Waals surface area contributed by atoms with Crippen LogP contribution in [0.5, 0.6) is 0 Å². The SMILES string of the molecule is CN(C)Cc1nc(C(=O)N[C@H](Cn2ccnc2)C(C)(C)C)cs1. The van der Waals surface area contributed by atoms with Crippen molar-refractivity contribution in [3.63, 3.8) is 0 Å². The molecule has 2 aromatic heterocycles. The Balaban J connectivity index is 2.06. The molecule has 1 atom stereocenters. The van der Waals surface area contributed by atoms with E-state index in [0.717, 1.165) is 11.6 Å². The first kappa shape index (κ1) is 17.6. The molecule has 0 fully saturated rings. The van der Waals surface area contributed by atoms with Gasteiger partial charge in [0.15, 0.2) is 0 Å². The molecule has 0 aliphatic heterocycles. The average molecular weight is 335 g/mol. The molecule has 1 amide bonds. The highest BCUT2D eigenvalue weighted by atomic mass is 32.1. The fraction of sp³-hybridized carbons (Fsp3) is 0.562. The second-order valence-electron chi connectivity index (χ2n) is 7.02. The second-order valence-corrected chi connectivity index (χ2v) is 7.96. The number of hydrogen-bond acceptors (Lipinski definition) is 5. The molecule has 2 rings (SSSR count). The van der Waals surface area contributed by atoms with E-state index < -0.39 is 0 Å². The molecule has 0 aliphatic carbocycles. The van der Waals surface area contributed by atoms with Gasteiger partial charge in [-0.15, -0.1) is 11.3 Å². The van der Waals surface area contributed by atoms with Crippen LogP contribution in [0, 0.1) is 5.41 Å². The fourth-order valence-corrected chi connectivity index (χ4v) is 3.02. The summed E-state index contributed by atoms with van der Waals surface area (Å²) in [4.78, 5) is 23.1. The molecule has 0 saturated carbocycles. The summed E-state index contributed by atoms with van der Waals surface area (Å²) in [5.74, 6) is -0.119. The van der Waals surface area contributed by atoms with E-state index in [9.17, 15) is 4.79 Å². The summed E-state index contributed by atoms with van der Waals surface area (Å²) < 4.78 is 1.98. The first-order valence-corrected chi connectivity index (χ1v) is 8.49. The van der Waals surface area contributed by atoms with Crippen LogP contribution in [-0.4, -0.2) is 45.5 Å². The average Bonchev–Trinajstić information content (AvgIpc) is 3.07. The van der Waals surface area contributed by atoms with Crippen LogP contribution in [-0.2, 0) is 13.1 Å². The van der Waals surface area contributed by atoms with Crippen molar-refractivity contribution in [3.8, 4) is 0 Å². The molecule has 2 aromatic rings. The van der Waals surface area contributed by atoms with Gasteiger partial charge in [0.1, 0.15) is 10.7 Å². The van der Waals surface area contributed by atoms with Crippen LogP contribution < -0.4 is 5.32 Å². The number of nitrogens with one attached hydrogen (secondary N) is 1. The van der Waals surface area contributed by atoms with E-state index in [0.29, 0.717) is 12.2 Å². The number of hydrogen-bond donors (Lipinski definition) is 1. The molecular weight excluding hydrogens is 310 g/mol. The van der Waals surface area contributed by atoms with Gasteiger partial charge in [0.2, 0.25) is 0 Å². The van der Waals surface area contributed by atoms with E-state index in [1.165, 1.54) is 11.3 Å². The number of carbonyl (C=O) groups is 1. The summed E-state index contributed by atoms with van der Waals surface area (Å²) >= 11 is 1.52. The Bertz CT molecular complexity index is 627. The van der Waals surface area contributed by atoms with Crippen LogP contribution in [0.25, 0.3) is 0 Å². The Morgan fingerprint density at radius 2 is 2.17 bits per heavy atom. The predicted molar refractivity (Wildman–Crippen MR) is 92.4 cm³/mol. The molecule has 1 N–H and O–H groups in total. The van der Waals surface area contributed by atoms with Gasteiger partial charge in [-0.1, -0.05) is 20.8 Å². The van der Waals surface area contributed by atoms with Crippen LogP contribution in [0.2, 0.25) is 0 Å². The predicted octanol–water partition coefficient (Wildman–Crippen LogP) is 2.25. The van der Waals surface area contributed by atoms with Crippen molar-refractivity contribution in [2.24, 2.45) is 5.41 Å². The van der Waals surface area contributed by atoms with Gasteiger partial charge >= 0.3 is 0 Å². The summed E-state index contributed by atoms with van der Waals surface area (Å²) in [6.07, 6.45) is 5.42. The summed E-state index contributed by atoms with van der Waals surface area (Å²) in [5.41, 5.74) is 0.425. The first-order chi connectivity index (χ1) is 10.8. The topological polar surface area (TPSA) is 63.1 Å². The van der Waals surface area contributed by atoms with E-state index in [1.807, 2.05) is 35.1 Å². The highest BCUT2D eigenvalue weighted by Gasteiger charge is 2.27. The third-order valence-corrected chi connectivity index (χ3v) is 4.37. The van der Waals surface area contributed by atoms with Crippen LogP contribution in [0.1, 0.15) is 36.3 Å². The number of rotatable bonds is 6. The molecule has 0 unspecified atom stereocenters. The van der Waals surface area contributed by atoms with E-state index in [-0.39, 0.29) is 17.4 Å². The molecule has 0 aromatic carbocycles. The lowest BCUT2D eigenvalue weighted by molar-refractivity contribution is 0.0888. The zero-order valence-electron chi connectivity index (χ0n) is 14.4. The molecule has 0 saturated heterocycles. The highest BCUT2D eigenvalue weighted by Crippen LogP contribution is 2.21. The smallest absolute Gasteiger partial charge is 0.271 e. The molecule has 0 spiro atoms. The highest BCUT2D eigenvalue weighted by molar-refractivity contribution is 7.09. The zero-order chi connectivity index (χ0) is 17.0. The minimum atomic E-state index is -0.119. The van der Waals surface area contributed by atoms with Gasteiger partial charge in [0.05, 0.1) is 12.4 Å². The van der Waals surface area contributed by atoms with Gasteiger partial charge in [0, 0.05) is 30.9 Å². The second kappa shape index (κ2) is 7.23. The molecular formula is C16H25N5OS. The lowest BCUT2D eigenvalue weighted by Crippen LogP contribution is -2.46. The van der Waals surface area contributed by atoms with Crippen LogP contribution >= 0.6 is 11.3 Å². The number of nitrogens with zero attached hydrogens (tertiary/aromatic N) is 4. The van der Waals surface area contributed by atoms with Crippen molar-refractivity contribution in [1.29, 1.82) is 0 Å². The van der Waals surface area contributed by atoms with Gasteiger partial charge in [0.25, 0.3) is 5.91 Å². The van der Waals surface area contributed by atoms with Crippen molar-refractivity contribution < 1.29 is 4.79 Å². The lowest BCUT2D eigenvalue weighted by atomic mass is 9.86. The first-order valence-electron chi connectivity index (χ1n) is 7.61. The Kier molecular flexibility index (Phi) is 5.54. The number of amides is 1. The van der Waals surface area contributed by atoms with E-state index in [1.54, 1.807) is 12.5 Å². The summed E-state index contributed by atoms with van der Waals surface area (Å²) in [6.45, 7) is 7.79. The fourth-order valence-electron chi connectivity index (χ4n) is 2.13. The van der Waals surface area contributed by atoms with Gasteiger partial charge < -0.3 is 14.8 Å². The van der Waals surface area contributed by atoms with Crippen LogP contribution in [0.3, 0.4) is 0 Å². The van der Waals surface area contributed by atoms with Crippen molar-refractivity contribution in [3.05, 3.63) is 34.8 Å². The zero-order valence-corrected chi connectivity index (χ0v) is 15.2. The number of imidazole rings is 1. The largest absolute Gasteiger partial charge is 0.346 e. The number of thiazole rings is 1. The summed E-state index contributed by atoms with van der Waals surface area (Å²) in [7, 11) is 3.98. The van der Waals surface area contributed by atoms with E-state index in [4.69, 9.17) is 0 Å². The van der Waals surface area contributed by atoms with Crippen molar-refractivity contribution in [1.82, 2.24) is 24.8 Å². The van der Waals surface area contributed by atoms with Gasteiger partial charge in [-0.2, -0.15) is 0 Å². The Morgan fingerprint density at radius 3 is 2.74 bits per heavy atom. The van der Waals surface area contributed by atoms with Crippen molar-refractivity contribution in [2.45, 2.75) is 39.9 Å². The van der Waals surface area contributed by atoms with Crippen molar-refractivity contribution >= 4 is 17.2 Å². The minimum absolute atomic E-state index is 0.0109. The molecule has 0 bridgehead atoms. The monoisotopic (exact) mass is 335 g/mol. The van der Waals surface area contributed by atoms with Gasteiger partial charge in [-0.25, -0.2) is 9.97 Å². The standard InChI is InChI=1S/C16H25N5OS/c1-16(2,3)13(8-21-7-6-17-11-21)19-15(22)12-10-23-14(18-12)9-20(4)5/h6-7,10-11,13H,8-9H2,1-5H3,(H,19,22)/t13-/m1/s1. The van der Waals surface area contributed by atoms with E-state index >= 15 is 0 Å². The maximum atomic E-state index is 12.5. The molecule has 7 heteroatoms. The van der Waals surface area contributed by atoms with Gasteiger partial charge in [-0.3, -0.25) is 4.79 Å². The van der Waals surface area contributed by atoms with E-state index in [2.05, 4.69) is 36.1 Å². The number of carbonyl (C=O) groups excluding carboxylic acids is 1. The molecule has 0 radical (unpaired) electrons. The summed E-state index contributed by atoms with van der Waals surface area (Å²) in [6, 6.07) is -0.0109. The van der Waals surface area contributed by atoms with Crippen LogP contribution in [0.4, 0.5) is 0 Å². The van der Waals surface area contributed by atoms with Gasteiger partial charge in [-0.05, 0) is 19.5 Å². The Labute approximate surface area is 141 Å². The van der Waals surface area contributed by atoms with Crippen LogP contribution in [0.15, 0.2) is 24.1 Å². The summed E-state index contributed by atoms with van der Waals surface area (Å²) in [5, 5.41) is 5.89. The molecule has 126 valence electrons. The molecule has 0 aliphatic rings. The maximum absolute atomic E-state index is 12.5. The molecule has 2 heterocycles. The Morgan fingerprint density at radius 1 is 1.43 bits per heavy atom. The minimum Gasteiger partial charge on any atom is -0.346 e. The lowest BCUT2D eigenvalue weighted by Gasteiger charge is -2.31. The normalized spacial score (nSPS) is 13.3. The number of aromatic nitrogens is 3. The quantitative estimate of drug-likeness (QED) is 0.879.